The molecule has 108 valence electrons. The van der Waals surface area contributed by atoms with Crippen LogP contribution in [0.1, 0.15) is 31.6 Å². The van der Waals surface area contributed by atoms with Crippen molar-refractivity contribution in [2.45, 2.75) is 43.4 Å². The molecular formula is C13H21NO3S2. The van der Waals surface area contributed by atoms with Gasteiger partial charge in [-0.2, -0.15) is 4.31 Å². The van der Waals surface area contributed by atoms with Crippen molar-refractivity contribution in [3.05, 3.63) is 17.0 Å². The van der Waals surface area contributed by atoms with Crippen LogP contribution in [0.15, 0.2) is 16.3 Å². The molecule has 0 aliphatic heterocycles. The molecule has 1 heterocycles. The van der Waals surface area contributed by atoms with Crippen LogP contribution in [0.25, 0.3) is 0 Å². The second-order valence-electron chi connectivity index (χ2n) is 5.31. The maximum absolute atomic E-state index is 12.6. The Morgan fingerprint density at radius 2 is 2.11 bits per heavy atom. The summed E-state index contributed by atoms with van der Waals surface area (Å²) in [6.45, 7) is 4.52. The zero-order chi connectivity index (χ0) is 14.0. The molecule has 1 saturated carbocycles. The van der Waals surface area contributed by atoms with Crippen LogP contribution in [0.2, 0.25) is 0 Å². The summed E-state index contributed by atoms with van der Waals surface area (Å²) in [6.07, 6.45) is 2.79. The highest BCUT2D eigenvalue weighted by Gasteiger charge is 2.34. The van der Waals surface area contributed by atoms with Gasteiger partial charge in [0.15, 0.2) is 0 Å². The van der Waals surface area contributed by atoms with Gasteiger partial charge in [-0.1, -0.05) is 0 Å². The van der Waals surface area contributed by atoms with E-state index in [0.717, 1.165) is 17.7 Å². The molecule has 0 unspecified atom stereocenters. The summed E-state index contributed by atoms with van der Waals surface area (Å²) in [5.41, 5.74) is 0. The van der Waals surface area contributed by atoms with Crippen LogP contribution in [0.4, 0.5) is 0 Å². The Hall–Kier alpha value is -0.430. The molecule has 0 saturated heterocycles. The Bertz CT molecular complexity index is 518. The number of aliphatic hydroxyl groups excluding tert-OH is 1. The number of thiophene rings is 1. The van der Waals surface area contributed by atoms with Gasteiger partial charge < -0.3 is 5.11 Å². The van der Waals surface area contributed by atoms with E-state index in [1.165, 1.54) is 11.3 Å². The Morgan fingerprint density at radius 3 is 2.63 bits per heavy atom. The summed E-state index contributed by atoms with van der Waals surface area (Å²) < 4.78 is 27.3. The molecule has 0 atom stereocenters. The predicted molar refractivity (Wildman–Crippen MR) is 76.9 cm³/mol. The third-order valence-corrected chi connectivity index (χ3v) is 6.92. The van der Waals surface area contributed by atoms with Crippen molar-refractivity contribution in [2.75, 3.05) is 13.2 Å². The van der Waals surface area contributed by atoms with E-state index in [2.05, 4.69) is 0 Å². The third kappa shape index (κ3) is 3.56. The van der Waals surface area contributed by atoms with Crippen LogP contribution >= 0.6 is 11.3 Å². The van der Waals surface area contributed by atoms with E-state index in [1.54, 1.807) is 16.4 Å². The molecule has 19 heavy (non-hydrogen) atoms. The fraction of sp³-hybridized carbons (Fsp3) is 0.692. The average molecular weight is 303 g/mol. The maximum atomic E-state index is 12.6. The van der Waals surface area contributed by atoms with E-state index < -0.39 is 10.0 Å². The Balaban J connectivity index is 2.21. The minimum absolute atomic E-state index is 0.0195. The van der Waals surface area contributed by atoms with Crippen LogP contribution in [0, 0.1) is 5.92 Å². The predicted octanol–water partition coefficient (Wildman–Crippen LogP) is 2.09. The molecule has 1 N–H and O–H groups in total. The molecular weight excluding hydrogens is 282 g/mol. The number of hydrogen-bond acceptors (Lipinski definition) is 4. The summed E-state index contributed by atoms with van der Waals surface area (Å²) in [6, 6.07) is 3.44. The molecule has 2 rings (SSSR count). The van der Waals surface area contributed by atoms with E-state index in [-0.39, 0.29) is 12.6 Å². The van der Waals surface area contributed by atoms with Crippen LogP contribution in [0.5, 0.6) is 0 Å². The summed E-state index contributed by atoms with van der Waals surface area (Å²) in [5.74, 6) is 0.536. The highest BCUT2D eigenvalue weighted by molar-refractivity contribution is 7.91. The van der Waals surface area contributed by atoms with E-state index in [4.69, 9.17) is 5.11 Å². The van der Waals surface area contributed by atoms with Crippen molar-refractivity contribution in [3.8, 4) is 0 Å². The maximum Gasteiger partial charge on any atom is 0.252 e. The standard InChI is InChI=1S/C13H21NO3S2/c1-10(2)14(9-11-3-4-11)19(16,17)13-6-5-12(18-13)7-8-15/h5-6,10-11,15H,3-4,7-9H2,1-2H3. The second kappa shape index (κ2) is 5.91. The first-order valence-electron chi connectivity index (χ1n) is 6.66. The lowest BCUT2D eigenvalue weighted by Crippen LogP contribution is -2.38. The van der Waals surface area contributed by atoms with Crippen LogP contribution in [-0.2, 0) is 16.4 Å². The number of nitrogens with zero attached hydrogens (tertiary/aromatic N) is 1. The SMILES string of the molecule is CC(C)N(CC1CC1)S(=O)(=O)c1ccc(CCO)s1. The Labute approximate surface area is 119 Å². The van der Waals surface area contributed by atoms with Crippen LogP contribution < -0.4 is 0 Å². The summed E-state index contributed by atoms with van der Waals surface area (Å²) in [4.78, 5) is 0.913. The zero-order valence-electron chi connectivity index (χ0n) is 11.4. The Morgan fingerprint density at radius 1 is 1.42 bits per heavy atom. The monoisotopic (exact) mass is 303 g/mol. The first-order valence-corrected chi connectivity index (χ1v) is 8.92. The molecule has 0 aromatic carbocycles. The van der Waals surface area contributed by atoms with Crippen molar-refractivity contribution in [1.82, 2.24) is 4.31 Å². The summed E-state index contributed by atoms with van der Waals surface area (Å²) >= 11 is 1.27. The average Bonchev–Trinajstić information content (AvgIpc) is 3.03. The number of sulfonamides is 1. The van der Waals surface area contributed by atoms with Gasteiger partial charge in [0.2, 0.25) is 0 Å². The summed E-state index contributed by atoms with van der Waals surface area (Å²) in [5, 5.41) is 8.90. The van der Waals surface area contributed by atoms with Gasteiger partial charge in [0.1, 0.15) is 4.21 Å². The van der Waals surface area contributed by atoms with Crippen molar-refractivity contribution in [2.24, 2.45) is 5.92 Å². The molecule has 4 nitrogen and oxygen atoms in total. The molecule has 1 fully saturated rings. The number of aliphatic hydroxyl groups is 1. The van der Waals surface area contributed by atoms with E-state index in [9.17, 15) is 8.42 Å². The molecule has 1 aromatic rings. The van der Waals surface area contributed by atoms with Crippen molar-refractivity contribution >= 4 is 21.4 Å². The molecule has 1 aliphatic rings. The van der Waals surface area contributed by atoms with Crippen molar-refractivity contribution in [1.29, 1.82) is 0 Å². The lowest BCUT2D eigenvalue weighted by Gasteiger charge is -2.25. The fourth-order valence-corrected chi connectivity index (χ4v) is 5.19. The van der Waals surface area contributed by atoms with Gasteiger partial charge in [0.25, 0.3) is 10.0 Å². The van der Waals surface area contributed by atoms with Gasteiger partial charge in [-0.05, 0) is 44.7 Å². The summed E-state index contributed by atoms with van der Waals surface area (Å²) in [7, 11) is -3.38. The third-order valence-electron chi connectivity index (χ3n) is 3.27. The lowest BCUT2D eigenvalue weighted by molar-refractivity contribution is 0.300. The highest BCUT2D eigenvalue weighted by atomic mass is 32.2. The van der Waals surface area contributed by atoms with Crippen LogP contribution in [-0.4, -0.2) is 37.0 Å². The van der Waals surface area contributed by atoms with E-state index in [1.807, 2.05) is 13.8 Å². The molecule has 1 aliphatic carbocycles. The fourth-order valence-electron chi connectivity index (χ4n) is 2.00. The zero-order valence-corrected chi connectivity index (χ0v) is 13.0. The van der Waals surface area contributed by atoms with Gasteiger partial charge in [-0.25, -0.2) is 8.42 Å². The van der Waals surface area contributed by atoms with Gasteiger partial charge in [-0.15, -0.1) is 11.3 Å². The molecule has 6 heteroatoms. The lowest BCUT2D eigenvalue weighted by atomic mass is 10.3. The largest absolute Gasteiger partial charge is 0.396 e. The number of hydrogen-bond donors (Lipinski definition) is 1. The van der Waals surface area contributed by atoms with Gasteiger partial charge >= 0.3 is 0 Å². The first-order chi connectivity index (χ1) is 8.95. The van der Waals surface area contributed by atoms with Gasteiger partial charge in [0, 0.05) is 30.5 Å². The smallest absolute Gasteiger partial charge is 0.252 e. The minimum atomic E-state index is -3.38. The van der Waals surface area contributed by atoms with Crippen molar-refractivity contribution < 1.29 is 13.5 Å². The molecule has 0 spiro atoms. The topological polar surface area (TPSA) is 57.6 Å². The molecule has 0 bridgehead atoms. The Kier molecular flexibility index (Phi) is 4.66. The first kappa shape index (κ1) is 15.0. The minimum Gasteiger partial charge on any atom is -0.396 e. The van der Waals surface area contributed by atoms with Gasteiger partial charge in [-0.3, -0.25) is 0 Å². The van der Waals surface area contributed by atoms with E-state index >= 15 is 0 Å². The highest BCUT2D eigenvalue weighted by Crippen LogP contribution is 2.34. The number of rotatable bonds is 7. The van der Waals surface area contributed by atoms with Crippen LogP contribution in [0.3, 0.4) is 0 Å². The molecule has 1 aromatic heterocycles. The molecule has 0 radical (unpaired) electrons. The second-order valence-corrected chi connectivity index (χ2v) is 8.59. The van der Waals surface area contributed by atoms with Crippen molar-refractivity contribution in [3.63, 3.8) is 0 Å². The normalized spacial score (nSPS) is 16.5. The van der Waals surface area contributed by atoms with Gasteiger partial charge in [0.05, 0.1) is 0 Å². The molecule has 0 amide bonds. The van der Waals surface area contributed by atoms with E-state index in [0.29, 0.717) is 23.1 Å². The quantitative estimate of drug-likeness (QED) is 0.839.